The van der Waals surface area contributed by atoms with Crippen LogP contribution in [0.4, 0.5) is 0 Å². The lowest BCUT2D eigenvalue weighted by atomic mass is 9.92. The number of carbonyl (C=O) groups is 2. The predicted molar refractivity (Wildman–Crippen MR) is 82.4 cm³/mol. The summed E-state index contributed by atoms with van der Waals surface area (Å²) in [6, 6.07) is 10.4. The van der Waals surface area contributed by atoms with E-state index in [0.29, 0.717) is 6.08 Å². The molecule has 118 valence electrons. The van der Waals surface area contributed by atoms with Gasteiger partial charge in [-0.15, -0.1) is 0 Å². The molecule has 0 aliphatic heterocycles. The van der Waals surface area contributed by atoms with Gasteiger partial charge in [0.1, 0.15) is 0 Å². The minimum atomic E-state index is -1.39. The lowest BCUT2D eigenvalue weighted by Gasteiger charge is -2.23. The molecule has 0 fully saturated rings. The number of carboxylic acids is 2. The number of nitrogens with zero attached hydrogens (tertiary/aromatic N) is 2. The summed E-state index contributed by atoms with van der Waals surface area (Å²) in [5.41, 5.74) is 5.54. The molecule has 0 saturated carbocycles. The Morgan fingerprint density at radius 1 is 1.17 bits per heavy atom. The second kappa shape index (κ2) is 6.37. The Labute approximate surface area is 132 Å². The van der Waals surface area contributed by atoms with Crippen molar-refractivity contribution in [2.45, 2.75) is 12.5 Å². The number of aliphatic carboxylic acids is 2. The molecule has 7 heteroatoms. The monoisotopic (exact) mass is 313 g/mol. The van der Waals surface area contributed by atoms with Gasteiger partial charge in [0.2, 0.25) is 0 Å². The highest BCUT2D eigenvalue weighted by atomic mass is 16.4. The zero-order valence-corrected chi connectivity index (χ0v) is 12.3. The quantitative estimate of drug-likeness (QED) is 0.709. The molecule has 0 radical (unpaired) electrons. The Hall–Kier alpha value is -3.06. The average molecular weight is 313 g/mol. The Morgan fingerprint density at radius 3 is 2.39 bits per heavy atom. The summed E-state index contributed by atoms with van der Waals surface area (Å²) in [4.78, 5) is 30.3. The average Bonchev–Trinajstić information content (AvgIpc) is 2.53. The highest BCUT2D eigenvalue weighted by Gasteiger charge is 2.28. The number of carboxylic acid groups (broad SMARTS) is 2. The van der Waals surface area contributed by atoms with E-state index in [1.807, 2.05) is 18.2 Å². The van der Waals surface area contributed by atoms with E-state index in [-0.39, 0.29) is 11.5 Å². The van der Waals surface area contributed by atoms with Gasteiger partial charge in [0.25, 0.3) is 0 Å². The van der Waals surface area contributed by atoms with E-state index < -0.39 is 23.1 Å². The van der Waals surface area contributed by atoms with Crippen molar-refractivity contribution in [3.8, 4) is 0 Å². The fraction of sp³-hybridized carbons (Fsp3) is 0.125. The van der Waals surface area contributed by atoms with Gasteiger partial charge in [0, 0.05) is 12.3 Å². The molecule has 2 aromatic rings. The number of hydrogen-bond acceptors (Lipinski definition) is 5. The highest BCUT2D eigenvalue weighted by molar-refractivity contribution is 6.18. The smallest absolute Gasteiger partial charge is 0.338 e. The van der Waals surface area contributed by atoms with Crippen LogP contribution in [0.2, 0.25) is 0 Å². The topological polar surface area (TPSA) is 126 Å². The Bertz CT molecular complexity index is 770. The van der Waals surface area contributed by atoms with E-state index in [9.17, 15) is 9.59 Å². The second-order valence-corrected chi connectivity index (χ2v) is 5.04. The van der Waals surface area contributed by atoms with Crippen LogP contribution in [-0.2, 0) is 15.1 Å². The maximum absolute atomic E-state index is 11.2. The molecule has 0 bridgehead atoms. The van der Waals surface area contributed by atoms with Crippen molar-refractivity contribution in [3.63, 3.8) is 0 Å². The van der Waals surface area contributed by atoms with Crippen LogP contribution in [0.15, 0.2) is 48.7 Å². The third kappa shape index (κ3) is 3.58. The normalized spacial score (nSPS) is 14.1. The van der Waals surface area contributed by atoms with Gasteiger partial charge in [-0.3, -0.25) is 0 Å². The second-order valence-electron chi connectivity index (χ2n) is 5.04. The molecule has 2 rings (SSSR count). The number of rotatable bonds is 5. The van der Waals surface area contributed by atoms with Gasteiger partial charge in [-0.1, -0.05) is 30.3 Å². The number of aromatic nitrogens is 2. The molecule has 0 aliphatic carbocycles. The molecule has 23 heavy (non-hydrogen) atoms. The first kappa shape index (κ1) is 16.3. The van der Waals surface area contributed by atoms with Crippen LogP contribution in [0.5, 0.6) is 0 Å². The Kier molecular flexibility index (Phi) is 4.52. The van der Waals surface area contributed by atoms with Crippen molar-refractivity contribution in [1.82, 2.24) is 9.97 Å². The van der Waals surface area contributed by atoms with Crippen molar-refractivity contribution in [1.29, 1.82) is 0 Å². The molecular weight excluding hydrogens is 298 g/mol. The molecule has 7 nitrogen and oxygen atoms in total. The predicted octanol–water partition coefficient (Wildman–Crippen LogP) is 1.25. The number of benzene rings is 1. The third-order valence-electron chi connectivity index (χ3n) is 3.27. The molecule has 0 aliphatic rings. The molecule has 0 saturated heterocycles. The Morgan fingerprint density at radius 2 is 1.83 bits per heavy atom. The van der Waals surface area contributed by atoms with Gasteiger partial charge in [-0.2, -0.15) is 0 Å². The molecule has 0 spiro atoms. The molecule has 0 amide bonds. The Balaban J connectivity index is 2.52. The zero-order chi connectivity index (χ0) is 17.0. The minimum Gasteiger partial charge on any atom is -0.478 e. The minimum absolute atomic E-state index is 0.0162. The van der Waals surface area contributed by atoms with Gasteiger partial charge in [-0.25, -0.2) is 19.6 Å². The van der Waals surface area contributed by atoms with Crippen LogP contribution in [0.3, 0.4) is 0 Å². The largest absolute Gasteiger partial charge is 0.478 e. The SMILES string of the molecule is CC(N)(c1ccccc1)c1nccc(C(=CC(=O)O)C(=O)O)n1. The molecule has 1 aromatic carbocycles. The van der Waals surface area contributed by atoms with E-state index in [2.05, 4.69) is 9.97 Å². The lowest BCUT2D eigenvalue weighted by molar-refractivity contribution is -0.133. The number of hydrogen-bond donors (Lipinski definition) is 3. The highest BCUT2D eigenvalue weighted by Crippen LogP contribution is 2.24. The first-order valence-electron chi connectivity index (χ1n) is 6.68. The summed E-state index contributed by atoms with van der Waals surface area (Å²) in [7, 11) is 0. The first-order chi connectivity index (χ1) is 10.8. The van der Waals surface area contributed by atoms with Crippen LogP contribution < -0.4 is 5.73 Å². The van der Waals surface area contributed by atoms with Crippen molar-refractivity contribution in [2.24, 2.45) is 5.73 Å². The van der Waals surface area contributed by atoms with Crippen molar-refractivity contribution in [3.05, 3.63) is 65.8 Å². The van der Waals surface area contributed by atoms with E-state index >= 15 is 0 Å². The molecule has 1 aromatic heterocycles. The van der Waals surface area contributed by atoms with E-state index in [1.54, 1.807) is 19.1 Å². The summed E-state index contributed by atoms with van der Waals surface area (Å²) in [5, 5.41) is 18.0. The summed E-state index contributed by atoms with van der Waals surface area (Å²) in [6.07, 6.45) is 1.94. The van der Waals surface area contributed by atoms with Crippen molar-refractivity contribution in [2.75, 3.05) is 0 Å². The van der Waals surface area contributed by atoms with E-state index in [0.717, 1.165) is 5.56 Å². The number of nitrogens with two attached hydrogens (primary N) is 1. The summed E-state index contributed by atoms with van der Waals surface area (Å²) >= 11 is 0. The van der Waals surface area contributed by atoms with Gasteiger partial charge >= 0.3 is 11.9 Å². The molecule has 1 unspecified atom stereocenters. The van der Waals surface area contributed by atoms with Gasteiger partial charge in [0.15, 0.2) is 5.82 Å². The van der Waals surface area contributed by atoms with Crippen LogP contribution in [0.1, 0.15) is 24.0 Å². The summed E-state index contributed by atoms with van der Waals surface area (Å²) < 4.78 is 0. The van der Waals surface area contributed by atoms with E-state index in [1.165, 1.54) is 12.3 Å². The summed E-state index contributed by atoms with van der Waals surface area (Å²) in [6.45, 7) is 1.70. The van der Waals surface area contributed by atoms with Crippen LogP contribution in [0, 0.1) is 0 Å². The lowest BCUT2D eigenvalue weighted by Crippen LogP contribution is -2.36. The molecular formula is C16H15N3O4. The van der Waals surface area contributed by atoms with Crippen LogP contribution in [0.25, 0.3) is 5.57 Å². The first-order valence-corrected chi connectivity index (χ1v) is 6.68. The fourth-order valence-electron chi connectivity index (χ4n) is 2.04. The standard InChI is InChI=1S/C16H15N3O4/c1-16(17,10-5-3-2-4-6-10)15-18-8-7-12(19-15)11(14(22)23)9-13(20)21/h2-9H,17H2,1H3,(H,20,21)(H,22,23). The molecule has 1 atom stereocenters. The van der Waals surface area contributed by atoms with Gasteiger partial charge in [-0.05, 0) is 18.6 Å². The fourth-order valence-corrected chi connectivity index (χ4v) is 2.04. The van der Waals surface area contributed by atoms with E-state index in [4.69, 9.17) is 15.9 Å². The zero-order valence-electron chi connectivity index (χ0n) is 12.3. The summed E-state index contributed by atoms with van der Waals surface area (Å²) in [5.74, 6) is -2.57. The maximum atomic E-state index is 11.2. The van der Waals surface area contributed by atoms with Gasteiger partial charge in [0.05, 0.1) is 16.8 Å². The molecule has 4 N–H and O–H groups in total. The van der Waals surface area contributed by atoms with Crippen molar-refractivity contribution >= 4 is 17.5 Å². The van der Waals surface area contributed by atoms with Gasteiger partial charge < -0.3 is 15.9 Å². The van der Waals surface area contributed by atoms with Crippen LogP contribution >= 0.6 is 0 Å². The maximum Gasteiger partial charge on any atom is 0.338 e. The third-order valence-corrected chi connectivity index (χ3v) is 3.27. The van der Waals surface area contributed by atoms with Crippen molar-refractivity contribution < 1.29 is 19.8 Å². The molecule has 1 heterocycles. The van der Waals surface area contributed by atoms with Crippen LogP contribution in [-0.4, -0.2) is 32.1 Å².